The van der Waals surface area contributed by atoms with Crippen molar-refractivity contribution in [2.24, 2.45) is 0 Å². The standard InChI is InChI=1S/C8H10O4.C6H8O2/c1-3-4-12-8(11)6(2)5-7(9)10;1-3-5-8-6(7)4-2/h3H,1-2,4-5H2,(H,9,10);3-4H,1-2,5H2. The van der Waals surface area contributed by atoms with Gasteiger partial charge in [0.05, 0.1) is 6.42 Å². The Hall–Kier alpha value is -2.63. The zero-order valence-electron chi connectivity index (χ0n) is 11.2. The van der Waals surface area contributed by atoms with E-state index in [9.17, 15) is 14.4 Å². The van der Waals surface area contributed by atoms with Crippen LogP contribution in [-0.4, -0.2) is 36.2 Å². The summed E-state index contributed by atoms with van der Waals surface area (Å²) in [5.74, 6) is -2.21. The van der Waals surface area contributed by atoms with Gasteiger partial charge in [-0.3, -0.25) is 4.79 Å². The summed E-state index contributed by atoms with van der Waals surface area (Å²) in [6.07, 6.45) is 3.62. The van der Waals surface area contributed by atoms with Gasteiger partial charge >= 0.3 is 17.9 Å². The van der Waals surface area contributed by atoms with Crippen molar-refractivity contribution in [3.8, 4) is 0 Å². The molecule has 1 N–H and O–H groups in total. The number of ether oxygens (including phenoxy) is 2. The number of esters is 2. The number of aliphatic carboxylic acids is 1. The SMILES string of the molecule is C=CCOC(=O)C(=C)CC(=O)O.C=CCOC(=O)C=C. The molecule has 0 aromatic rings. The normalized spacial score (nSPS) is 8.20. The highest BCUT2D eigenvalue weighted by Crippen LogP contribution is 2.00. The smallest absolute Gasteiger partial charge is 0.334 e. The highest BCUT2D eigenvalue weighted by Gasteiger charge is 2.10. The Labute approximate surface area is 117 Å². The summed E-state index contributed by atoms with van der Waals surface area (Å²) in [6.45, 7) is 13.5. The number of carbonyl (C=O) groups is 3. The number of hydrogen-bond acceptors (Lipinski definition) is 5. The van der Waals surface area contributed by atoms with Crippen molar-refractivity contribution in [1.82, 2.24) is 0 Å². The Balaban J connectivity index is 0. The molecule has 0 spiro atoms. The van der Waals surface area contributed by atoms with Crippen LogP contribution in [0.2, 0.25) is 0 Å². The molecule has 0 radical (unpaired) electrons. The molecule has 0 aliphatic carbocycles. The molecule has 6 nitrogen and oxygen atoms in total. The predicted molar refractivity (Wildman–Crippen MR) is 73.9 cm³/mol. The summed E-state index contributed by atoms with van der Waals surface area (Å²) in [6, 6.07) is 0. The zero-order chi connectivity index (χ0) is 16.0. The van der Waals surface area contributed by atoms with E-state index in [2.05, 4.69) is 35.8 Å². The molecule has 0 saturated carbocycles. The molecule has 20 heavy (non-hydrogen) atoms. The van der Waals surface area contributed by atoms with Gasteiger partial charge in [-0.1, -0.05) is 38.5 Å². The molecule has 0 unspecified atom stereocenters. The highest BCUT2D eigenvalue weighted by atomic mass is 16.5. The maximum absolute atomic E-state index is 10.8. The van der Waals surface area contributed by atoms with Crippen molar-refractivity contribution in [1.29, 1.82) is 0 Å². The quantitative estimate of drug-likeness (QED) is 0.413. The lowest BCUT2D eigenvalue weighted by Crippen LogP contribution is -2.10. The van der Waals surface area contributed by atoms with Gasteiger partial charge in [0.1, 0.15) is 13.2 Å². The molecule has 0 aliphatic heterocycles. The lowest BCUT2D eigenvalue weighted by atomic mass is 10.2. The first-order chi connectivity index (χ1) is 9.38. The molecule has 0 aromatic heterocycles. The Morgan fingerprint density at radius 1 is 1.00 bits per heavy atom. The Kier molecular flexibility index (Phi) is 12.6. The second-order valence-corrected chi connectivity index (χ2v) is 3.18. The van der Waals surface area contributed by atoms with Crippen LogP contribution in [-0.2, 0) is 23.9 Å². The third kappa shape index (κ3) is 13.4. The lowest BCUT2D eigenvalue weighted by molar-refractivity contribution is -0.142. The first-order valence-corrected chi connectivity index (χ1v) is 5.46. The van der Waals surface area contributed by atoms with Crippen LogP contribution in [0.25, 0.3) is 0 Å². The monoisotopic (exact) mass is 282 g/mol. The van der Waals surface area contributed by atoms with Gasteiger partial charge in [0.25, 0.3) is 0 Å². The minimum absolute atomic E-state index is 0.0654. The topological polar surface area (TPSA) is 89.9 Å². The van der Waals surface area contributed by atoms with Crippen LogP contribution < -0.4 is 0 Å². The van der Waals surface area contributed by atoms with Crippen LogP contribution in [0.3, 0.4) is 0 Å². The van der Waals surface area contributed by atoms with E-state index in [0.29, 0.717) is 0 Å². The van der Waals surface area contributed by atoms with Gasteiger partial charge in [0, 0.05) is 11.6 Å². The molecule has 0 rings (SSSR count). The van der Waals surface area contributed by atoms with Crippen molar-refractivity contribution in [2.45, 2.75) is 6.42 Å². The van der Waals surface area contributed by atoms with Crippen LogP contribution in [0.15, 0.2) is 50.1 Å². The molecule has 0 atom stereocenters. The minimum atomic E-state index is -1.10. The summed E-state index contributed by atoms with van der Waals surface area (Å²) >= 11 is 0. The van der Waals surface area contributed by atoms with Crippen molar-refractivity contribution in [2.75, 3.05) is 13.2 Å². The molecule has 0 aromatic carbocycles. The molecular weight excluding hydrogens is 264 g/mol. The van der Waals surface area contributed by atoms with Gasteiger partial charge in [0.2, 0.25) is 0 Å². The van der Waals surface area contributed by atoms with E-state index < -0.39 is 24.3 Å². The number of hydrogen-bond donors (Lipinski definition) is 1. The maximum Gasteiger partial charge on any atom is 0.334 e. The Morgan fingerprint density at radius 3 is 1.90 bits per heavy atom. The molecule has 0 bridgehead atoms. The number of rotatable bonds is 8. The second-order valence-electron chi connectivity index (χ2n) is 3.18. The van der Waals surface area contributed by atoms with E-state index in [4.69, 9.17) is 5.11 Å². The largest absolute Gasteiger partial charge is 0.481 e. The van der Waals surface area contributed by atoms with Crippen LogP contribution >= 0.6 is 0 Å². The first-order valence-electron chi connectivity index (χ1n) is 5.46. The minimum Gasteiger partial charge on any atom is -0.481 e. The van der Waals surface area contributed by atoms with E-state index in [1.165, 1.54) is 12.2 Å². The molecule has 6 heteroatoms. The van der Waals surface area contributed by atoms with Crippen LogP contribution in [0, 0.1) is 0 Å². The van der Waals surface area contributed by atoms with Gasteiger partial charge < -0.3 is 14.6 Å². The summed E-state index contributed by atoms with van der Waals surface area (Å²) < 4.78 is 9.00. The van der Waals surface area contributed by atoms with Crippen LogP contribution in [0.4, 0.5) is 0 Å². The average molecular weight is 282 g/mol. The Morgan fingerprint density at radius 2 is 1.50 bits per heavy atom. The Bertz CT molecular complexity index is 394. The fourth-order valence-electron chi connectivity index (χ4n) is 0.691. The van der Waals surface area contributed by atoms with Gasteiger partial charge in [-0.15, -0.1) is 0 Å². The summed E-state index contributed by atoms with van der Waals surface area (Å²) in [7, 11) is 0. The summed E-state index contributed by atoms with van der Waals surface area (Å²) in [4.78, 5) is 31.1. The number of carbonyl (C=O) groups excluding carboxylic acids is 2. The van der Waals surface area contributed by atoms with E-state index >= 15 is 0 Å². The first kappa shape index (κ1) is 19.7. The highest BCUT2D eigenvalue weighted by molar-refractivity contribution is 5.92. The molecule has 110 valence electrons. The van der Waals surface area contributed by atoms with Gasteiger partial charge in [-0.25, -0.2) is 9.59 Å². The van der Waals surface area contributed by atoms with Crippen LogP contribution in [0.1, 0.15) is 6.42 Å². The maximum atomic E-state index is 10.8. The summed E-state index contributed by atoms with van der Waals surface area (Å²) in [5.41, 5.74) is -0.0654. The van der Waals surface area contributed by atoms with Gasteiger partial charge in [-0.2, -0.15) is 0 Å². The number of carboxylic acids is 1. The molecule has 0 amide bonds. The molecule has 0 heterocycles. The van der Waals surface area contributed by atoms with Gasteiger partial charge in [0.15, 0.2) is 0 Å². The fourth-order valence-corrected chi connectivity index (χ4v) is 0.691. The molecule has 0 fully saturated rings. The fraction of sp³-hybridized carbons (Fsp3) is 0.214. The van der Waals surface area contributed by atoms with Crippen molar-refractivity contribution >= 4 is 17.9 Å². The lowest BCUT2D eigenvalue weighted by Gasteiger charge is -2.01. The second kappa shape index (κ2) is 12.8. The predicted octanol–water partition coefficient (Wildman–Crippen LogP) is 1.65. The van der Waals surface area contributed by atoms with E-state index in [0.717, 1.165) is 6.08 Å². The molecule has 0 aliphatic rings. The van der Waals surface area contributed by atoms with E-state index in [1.807, 2.05) is 0 Å². The van der Waals surface area contributed by atoms with Crippen LogP contribution in [0.5, 0.6) is 0 Å². The molecule has 0 saturated heterocycles. The van der Waals surface area contributed by atoms with Gasteiger partial charge in [-0.05, 0) is 0 Å². The van der Waals surface area contributed by atoms with Crippen molar-refractivity contribution in [3.63, 3.8) is 0 Å². The average Bonchev–Trinajstić information content (AvgIpc) is 2.41. The van der Waals surface area contributed by atoms with Crippen molar-refractivity contribution < 1.29 is 29.0 Å². The summed E-state index contributed by atoms with van der Waals surface area (Å²) in [5, 5.41) is 8.27. The van der Waals surface area contributed by atoms with E-state index in [-0.39, 0.29) is 18.8 Å². The number of carboxylic acid groups (broad SMARTS) is 1. The third-order valence-corrected chi connectivity index (χ3v) is 1.50. The van der Waals surface area contributed by atoms with Crippen molar-refractivity contribution in [3.05, 3.63) is 50.1 Å². The molecular formula is C14H18O6. The van der Waals surface area contributed by atoms with E-state index in [1.54, 1.807) is 0 Å². The zero-order valence-corrected chi connectivity index (χ0v) is 11.2. The third-order valence-electron chi connectivity index (χ3n) is 1.50.